The number of aryl methyl sites for hydroxylation is 1. The van der Waals surface area contributed by atoms with Crippen molar-refractivity contribution in [1.82, 2.24) is 10.3 Å². The molecule has 2 rings (SSSR count). The fourth-order valence-corrected chi connectivity index (χ4v) is 3.71. The molecular formula is C15H25N3OS. The number of nitrogens with one attached hydrogen (secondary N) is 1. The van der Waals surface area contributed by atoms with Crippen LogP contribution in [0.15, 0.2) is 6.20 Å². The van der Waals surface area contributed by atoms with E-state index in [1.54, 1.807) is 11.3 Å². The van der Waals surface area contributed by atoms with Crippen LogP contribution in [-0.4, -0.2) is 17.4 Å². The van der Waals surface area contributed by atoms with Crippen LogP contribution in [0, 0.1) is 5.41 Å². The van der Waals surface area contributed by atoms with Gasteiger partial charge in [0, 0.05) is 17.6 Å². The van der Waals surface area contributed by atoms with Crippen molar-refractivity contribution in [3.63, 3.8) is 0 Å². The smallest absolute Gasteiger partial charge is 0.228 e. The van der Waals surface area contributed by atoms with Gasteiger partial charge in [0.05, 0.1) is 11.5 Å². The van der Waals surface area contributed by atoms with Crippen LogP contribution >= 0.6 is 11.3 Å². The Balaban J connectivity index is 2.02. The summed E-state index contributed by atoms with van der Waals surface area (Å²) in [7, 11) is 0. The normalized spacial score (nSPS) is 19.6. The van der Waals surface area contributed by atoms with Gasteiger partial charge < -0.3 is 11.1 Å². The zero-order chi connectivity index (χ0) is 14.6. The SMILES string of the molecule is CCc1cnc(C(C)NC(=O)C2(CN)CCCCC2)s1. The summed E-state index contributed by atoms with van der Waals surface area (Å²) in [5.41, 5.74) is 5.56. The van der Waals surface area contributed by atoms with E-state index in [1.165, 1.54) is 11.3 Å². The largest absolute Gasteiger partial charge is 0.347 e. The Morgan fingerprint density at radius 1 is 1.50 bits per heavy atom. The number of nitrogens with zero attached hydrogens (tertiary/aromatic N) is 1. The fraction of sp³-hybridized carbons (Fsp3) is 0.733. The third-order valence-corrected chi connectivity index (χ3v) is 5.65. The molecule has 1 heterocycles. The van der Waals surface area contributed by atoms with Crippen LogP contribution in [-0.2, 0) is 11.2 Å². The minimum atomic E-state index is -0.350. The van der Waals surface area contributed by atoms with Crippen LogP contribution < -0.4 is 11.1 Å². The molecule has 1 aliphatic carbocycles. The molecule has 0 aromatic carbocycles. The highest BCUT2D eigenvalue weighted by Crippen LogP contribution is 2.36. The summed E-state index contributed by atoms with van der Waals surface area (Å²) in [6.07, 6.45) is 8.16. The Hall–Kier alpha value is -0.940. The number of amides is 1. The van der Waals surface area contributed by atoms with Gasteiger partial charge in [-0.2, -0.15) is 0 Å². The monoisotopic (exact) mass is 295 g/mol. The molecule has 112 valence electrons. The maximum absolute atomic E-state index is 12.6. The van der Waals surface area contributed by atoms with Crippen molar-refractivity contribution in [2.24, 2.45) is 11.1 Å². The molecule has 5 heteroatoms. The molecular weight excluding hydrogens is 270 g/mol. The van der Waals surface area contributed by atoms with Gasteiger partial charge in [-0.15, -0.1) is 11.3 Å². The van der Waals surface area contributed by atoms with Crippen molar-refractivity contribution in [1.29, 1.82) is 0 Å². The van der Waals surface area contributed by atoms with Gasteiger partial charge in [-0.25, -0.2) is 4.98 Å². The number of aromatic nitrogens is 1. The minimum absolute atomic E-state index is 0.0295. The fourth-order valence-electron chi connectivity index (χ4n) is 2.85. The topological polar surface area (TPSA) is 68.0 Å². The van der Waals surface area contributed by atoms with Gasteiger partial charge in [0.25, 0.3) is 0 Å². The lowest BCUT2D eigenvalue weighted by Crippen LogP contribution is -2.47. The molecule has 1 saturated carbocycles. The van der Waals surface area contributed by atoms with E-state index in [2.05, 4.69) is 17.2 Å². The lowest BCUT2D eigenvalue weighted by molar-refractivity contribution is -0.133. The Kier molecular flexibility index (Phi) is 5.16. The van der Waals surface area contributed by atoms with Crippen LogP contribution in [0.5, 0.6) is 0 Å². The number of hydrogen-bond donors (Lipinski definition) is 2. The highest BCUT2D eigenvalue weighted by Gasteiger charge is 2.38. The Morgan fingerprint density at radius 3 is 2.75 bits per heavy atom. The van der Waals surface area contributed by atoms with Gasteiger partial charge >= 0.3 is 0 Å². The summed E-state index contributed by atoms with van der Waals surface area (Å²) in [5.74, 6) is 0.112. The van der Waals surface area contributed by atoms with E-state index >= 15 is 0 Å². The summed E-state index contributed by atoms with van der Waals surface area (Å²) in [5, 5.41) is 4.11. The maximum atomic E-state index is 12.6. The second-order valence-electron chi connectivity index (χ2n) is 5.76. The van der Waals surface area contributed by atoms with Gasteiger partial charge in [0.15, 0.2) is 0 Å². The highest BCUT2D eigenvalue weighted by molar-refractivity contribution is 7.11. The molecule has 1 unspecified atom stereocenters. The third kappa shape index (κ3) is 3.20. The number of hydrogen-bond acceptors (Lipinski definition) is 4. The van der Waals surface area contributed by atoms with E-state index in [0.717, 1.165) is 37.1 Å². The molecule has 0 aliphatic heterocycles. The van der Waals surface area contributed by atoms with Gasteiger partial charge in [0.1, 0.15) is 5.01 Å². The molecule has 1 aromatic rings. The van der Waals surface area contributed by atoms with Crippen LogP contribution in [0.2, 0.25) is 0 Å². The van der Waals surface area contributed by atoms with Crippen molar-refractivity contribution >= 4 is 17.2 Å². The average Bonchev–Trinajstić information content (AvgIpc) is 2.97. The second-order valence-corrected chi connectivity index (χ2v) is 6.91. The first-order chi connectivity index (χ1) is 9.61. The lowest BCUT2D eigenvalue weighted by Gasteiger charge is -2.35. The number of carbonyl (C=O) groups excluding carboxylic acids is 1. The van der Waals surface area contributed by atoms with E-state index in [9.17, 15) is 4.79 Å². The van der Waals surface area contributed by atoms with Crippen LogP contribution in [0.3, 0.4) is 0 Å². The molecule has 1 fully saturated rings. The van der Waals surface area contributed by atoms with Crippen LogP contribution in [0.1, 0.15) is 61.9 Å². The average molecular weight is 295 g/mol. The molecule has 1 aromatic heterocycles. The number of thiazole rings is 1. The third-order valence-electron chi connectivity index (χ3n) is 4.32. The van der Waals surface area contributed by atoms with Gasteiger partial charge in [0.2, 0.25) is 5.91 Å². The van der Waals surface area contributed by atoms with Gasteiger partial charge in [-0.05, 0) is 26.2 Å². The standard InChI is InChI=1S/C15H25N3OS/c1-3-12-9-17-13(20-12)11(2)18-14(19)15(10-16)7-5-4-6-8-15/h9,11H,3-8,10,16H2,1-2H3,(H,18,19). The summed E-state index contributed by atoms with van der Waals surface area (Å²) in [6.45, 7) is 4.57. The second kappa shape index (κ2) is 6.68. The summed E-state index contributed by atoms with van der Waals surface area (Å²) < 4.78 is 0. The molecule has 1 amide bonds. The molecule has 0 saturated heterocycles. The molecule has 20 heavy (non-hydrogen) atoms. The number of nitrogens with two attached hydrogens (primary N) is 1. The summed E-state index contributed by atoms with van der Waals surface area (Å²) in [6, 6.07) is -0.0295. The van der Waals surface area contributed by atoms with E-state index in [4.69, 9.17) is 5.73 Å². The first-order valence-corrected chi connectivity index (χ1v) is 8.38. The van der Waals surface area contributed by atoms with Crippen molar-refractivity contribution in [3.8, 4) is 0 Å². The molecule has 0 spiro atoms. The van der Waals surface area contributed by atoms with Crippen LogP contribution in [0.25, 0.3) is 0 Å². The van der Waals surface area contributed by atoms with Gasteiger partial charge in [-0.3, -0.25) is 4.79 Å². The maximum Gasteiger partial charge on any atom is 0.228 e. The molecule has 0 radical (unpaired) electrons. The van der Waals surface area contributed by atoms with E-state index in [1.807, 2.05) is 13.1 Å². The number of rotatable bonds is 5. The first-order valence-electron chi connectivity index (χ1n) is 7.57. The lowest BCUT2D eigenvalue weighted by atomic mass is 9.73. The highest BCUT2D eigenvalue weighted by atomic mass is 32.1. The predicted octanol–water partition coefficient (Wildman–Crippen LogP) is 2.79. The summed E-state index contributed by atoms with van der Waals surface area (Å²) >= 11 is 1.68. The summed E-state index contributed by atoms with van der Waals surface area (Å²) in [4.78, 5) is 18.3. The Labute approximate surface area is 125 Å². The van der Waals surface area contributed by atoms with Gasteiger partial charge in [-0.1, -0.05) is 26.2 Å². The quantitative estimate of drug-likeness (QED) is 0.877. The molecule has 1 atom stereocenters. The molecule has 3 N–H and O–H groups in total. The first kappa shape index (κ1) is 15.4. The molecule has 4 nitrogen and oxygen atoms in total. The van der Waals surface area contributed by atoms with Crippen molar-refractivity contribution < 1.29 is 4.79 Å². The Morgan fingerprint density at radius 2 is 2.20 bits per heavy atom. The van der Waals surface area contributed by atoms with Crippen molar-refractivity contribution in [2.75, 3.05) is 6.54 Å². The minimum Gasteiger partial charge on any atom is -0.347 e. The van der Waals surface area contributed by atoms with E-state index in [-0.39, 0.29) is 17.4 Å². The van der Waals surface area contributed by atoms with Crippen molar-refractivity contribution in [2.45, 2.75) is 58.4 Å². The molecule has 0 bridgehead atoms. The van der Waals surface area contributed by atoms with Crippen molar-refractivity contribution in [3.05, 3.63) is 16.1 Å². The predicted molar refractivity (Wildman–Crippen MR) is 82.6 cm³/mol. The van der Waals surface area contributed by atoms with E-state index < -0.39 is 0 Å². The number of carbonyl (C=O) groups is 1. The zero-order valence-electron chi connectivity index (χ0n) is 12.4. The molecule has 1 aliphatic rings. The Bertz CT molecular complexity index is 452. The van der Waals surface area contributed by atoms with E-state index in [0.29, 0.717) is 6.54 Å². The zero-order valence-corrected chi connectivity index (χ0v) is 13.3. The van der Waals surface area contributed by atoms with Crippen LogP contribution in [0.4, 0.5) is 0 Å².